The molecule has 5 nitrogen and oxygen atoms in total. The minimum atomic E-state index is -0.574. The first-order valence-corrected chi connectivity index (χ1v) is 8.04. The quantitative estimate of drug-likeness (QED) is 0.821. The van der Waals surface area contributed by atoms with Gasteiger partial charge in [0, 0.05) is 17.8 Å². The molecular weight excluding hydrogens is 304 g/mol. The van der Waals surface area contributed by atoms with E-state index in [0.29, 0.717) is 30.0 Å². The van der Waals surface area contributed by atoms with Crippen molar-refractivity contribution < 1.29 is 14.3 Å². The van der Waals surface area contributed by atoms with Gasteiger partial charge < -0.3 is 15.4 Å². The van der Waals surface area contributed by atoms with Crippen molar-refractivity contribution in [2.45, 2.75) is 26.4 Å². The van der Waals surface area contributed by atoms with E-state index in [1.807, 2.05) is 44.2 Å². The molecule has 1 unspecified atom stereocenters. The van der Waals surface area contributed by atoms with E-state index in [1.165, 1.54) is 0 Å². The molecule has 2 rings (SSSR count). The van der Waals surface area contributed by atoms with E-state index in [0.717, 1.165) is 0 Å². The number of ether oxygens (including phenoxy) is 1. The molecular formula is C19H22N2O3. The normalized spacial score (nSPS) is 11.4. The molecule has 0 aliphatic rings. The van der Waals surface area contributed by atoms with Gasteiger partial charge in [-0.3, -0.25) is 9.59 Å². The lowest BCUT2D eigenvalue weighted by atomic mass is 10.2. The number of amides is 2. The van der Waals surface area contributed by atoms with Gasteiger partial charge >= 0.3 is 0 Å². The van der Waals surface area contributed by atoms with Crippen LogP contribution in [0.25, 0.3) is 0 Å². The Labute approximate surface area is 142 Å². The smallest absolute Gasteiger partial charge is 0.265 e. The fourth-order valence-electron chi connectivity index (χ4n) is 2.18. The minimum absolute atomic E-state index is 0.130. The monoisotopic (exact) mass is 326 g/mol. The second-order valence-corrected chi connectivity index (χ2v) is 5.25. The summed E-state index contributed by atoms with van der Waals surface area (Å²) in [6, 6.07) is 16.0. The van der Waals surface area contributed by atoms with Crippen molar-refractivity contribution in [3.8, 4) is 5.75 Å². The summed E-state index contributed by atoms with van der Waals surface area (Å²) in [7, 11) is 0. The molecule has 0 saturated carbocycles. The van der Waals surface area contributed by atoms with E-state index in [1.54, 1.807) is 24.3 Å². The van der Waals surface area contributed by atoms with Crippen LogP contribution in [0.2, 0.25) is 0 Å². The van der Waals surface area contributed by atoms with Crippen molar-refractivity contribution in [2.75, 3.05) is 11.9 Å². The Kier molecular flexibility index (Phi) is 6.37. The highest BCUT2D eigenvalue weighted by molar-refractivity contribution is 5.96. The van der Waals surface area contributed by atoms with E-state index < -0.39 is 6.10 Å². The number of anilines is 1. The van der Waals surface area contributed by atoms with Crippen molar-refractivity contribution in [1.82, 2.24) is 5.32 Å². The summed E-state index contributed by atoms with van der Waals surface area (Å²) in [5.74, 6) is 0.312. The summed E-state index contributed by atoms with van der Waals surface area (Å²) in [4.78, 5) is 24.1. The molecule has 0 fully saturated rings. The van der Waals surface area contributed by atoms with Crippen LogP contribution in [-0.4, -0.2) is 24.5 Å². The van der Waals surface area contributed by atoms with Crippen molar-refractivity contribution >= 4 is 17.5 Å². The maximum Gasteiger partial charge on any atom is 0.265 e. The van der Waals surface area contributed by atoms with Gasteiger partial charge in [-0.05, 0) is 49.7 Å². The number of carbonyl (C=O) groups is 2. The van der Waals surface area contributed by atoms with Crippen LogP contribution in [0.15, 0.2) is 54.6 Å². The van der Waals surface area contributed by atoms with E-state index in [2.05, 4.69) is 10.6 Å². The third kappa shape index (κ3) is 4.84. The molecule has 5 heteroatoms. The van der Waals surface area contributed by atoms with Gasteiger partial charge in [-0.2, -0.15) is 0 Å². The third-order valence-electron chi connectivity index (χ3n) is 3.44. The first kappa shape index (κ1) is 17.5. The van der Waals surface area contributed by atoms with Gasteiger partial charge in [0.25, 0.3) is 11.8 Å². The molecule has 2 N–H and O–H groups in total. The van der Waals surface area contributed by atoms with E-state index in [4.69, 9.17) is 4.74 Å². The highest BCUT2D eigenvalue weighted by atomic mass is 16.5. The number of benzene rings is 2. The first-order valence-electron chi connectivity index (χ1n) is 8.04. The molecule has 0 bridgehead atoms. The number of rotatable bonds is 7. The molecule has 126 valence electrons. The van der Waals surface area contributed by atoms with Gasteiger partial charge in [-0.25, -0.2) is 0 Å². The number of carbonyl (C=O) groups excluding carboxylic acids is 2. The van der Waals surface area contributed by atoms with Crippen molar-refractivity contribution in [2.24, 2.45) is 0 Å². The highest BCUT2D eigenvalue weighted by Crippen LogP contribution is 2.15. The zero-order chi connectivity index (χ0) is 17.4. The fourth-order valence-corrected chi connectivity index (χ4v) is 2.18. The van der Waals surface area contributed by atoms with Crippen molar-refractivity contribution in [1.29, 1.82) is 0 Å². The topological polar surface area (TPSA) is 67.4 Å². The Morgan fingerprint density at radius 2 is 1.67 bits per heavy atom. The maximum absolute atomic E-state index is 12.4. The summed E-state index contributed by atoms with van der Waals surface area (Å²) in [6.07, 6.45) is -0.0204. The molecule has 0 aromatic heterocycles. The largest absolute Gasteiger partial charge is 0.481 e. The molecule has 2 amide bonds. The van der Waals surface area contributed by atoms with E-state index >= 15 is 0 Å². The molecule has 0 heterocycles. The number of hydrogen-bond acceptors (Lipinski definition) is 3. The lowest BCUT2D eigenvalue weighted by Gasteiger charge is -2.17. The molecule has 0 radical (unpaired) electrons. The van der Waals surface area contributed by atoms with E-state index in [9.17, 15) is 9.59 Å². The van der Waals surface area contributed by atoms with Gasteiger partial charge in [-0.15, -0.1) is 0 Å². The summed E-state index contributed by atoms with van der Waals surface area (Å²) in [5, 5.41) is 5.55. The molecule has 0 aliphatic heterocycles. The van der Waals surface area contributed by atoms with Gasteiger partial charge in [-0.1, -0.05) is 25.1 Å². The SMILES string of the molecule is CCNC(=O)c1ccc(NC(=O)C(CC)Oc2ccccc2)cc1. The molecule has 0 spiro atoms. The summed E-state index contributed by atoms with van der Waals surface area (Å²) in [5.41, 5.74) is 1.19. The molecule has 0 aliphatic carbocycles. The third-order valence-corrected chi connectivity index (χ3v) is 3.44. The average molecular weight is 326 g/mol. The fraction of sp³-hybridized carbons (Fsp3) is 0.263. The predicted octanol–water partition coefficient (Wildman–Crippen LogP) is 3.23. The zero-order valence-corrected chi connectivity index (χ0v) is 13.9. The molecule has 1 atom stereocenters. The maximum atomic E-state index is 12.4. The van der Waals surface area contributed by atoms with Crippen LogP contribution in [0.5, 0.6) is 5.75 Å². The zero-order valence-electron chi connectivity index (χ0n) is 13.9. The summed E-state index contributed by atoms with van der Waals surface area (Å²) < 4.78 is 5.72. The Morgan fingerprint density at radius 3 is 2.25 bits per heavy atom. The standard InChI is InChI=1S/C19H22N2O3/c1-3-17(24-16-8-6-5-7-9-16)19(23)21-15-12-10-14(11-13-15)18(22)20-4-2/h5-13,17H,3-4H2,1-2H3,(H,20,22)(H,21,23). The van der Waals surface area contributed by atoms with Gasteiger partial charge in [0.05, 0.1) is 0 Å². The van der Waals surface area contributed by atoms with Crippen molar-refractivity contribution in [3.63, 3.8) is 0 Å². The van der Waals surface area contributed by atoms with E-state index in [-0.39, 0.29) is 11.8 Å². The number of para-hydroxylation sites is 1. The summed E-state index contributed by atoms with van der Waals surface area (Å²) in [6.45, 7) is 4.34. The Hall–Kier alpha value is -2.82. The number of nitrogens with one attached hydrogen (secondary N) is 2. The predicted molar refractivity (Wildman–Crippen MR) is 94.2 cm³/mol. The number of hydrogen-bond donors (Lipinski definition) is 2. The van der Waals surface area contributed by atoms with Gasteiger partial charge in [0.15, 0.2) is 6.10 Å². The van der Waals surface area contributed by atoms with Crippen LogP contribution in [0.4, 0.5) is 5.69 Å². The Balaban J connectivity index is 1.98. The van der Waals surface area contributed by atoms with Crippen LogP contribution in [0.1, 0.15) is 30.6 Å². The van der Waals surface area contributed by atoms with Crippen LogP contribution in [-0.2, 0) is 4.79 Å². The van der Waals surface area contributed by atoms with Crippen LogP contribution in [0, 0.1) is 0 Å². The van der Waals surface area contributed by atoms with Gasteiger partial charge in [0.2, 0.25) is 0 Å². The Bertz CT molecular complexity index is 669. The minimum Gasteiger partial charge on any atom is -0.481 e. The van der Waals surface area contributed by atoms with Crippen LogP contribution >= 0.6 is 0 Å². The Morgan fingerprint density at radius 1 is 1.00 bits per heavy atom. The first-order chi connectivity index (χ1) is 11.6. The highest BCUT2D eigenvalue weighted by Gasteiger charge is 2.18. The van der Waals surface area contributed by atoms with Gasteiger partial charge in [0.1, 0.15) is 5.75 Å². The van der Waals surface area contributed by atoms with Crippen LogP contribution in [0.3, 0.4) is 0 Å². The molecule has 0 saturated heterocycles. The molecule has 24 heavy (non-hydrogen) atoms. The molecule has 2 aromatic carbocycles. The lowest BCUT2D eigenvalue weighted by molar-refractivity contribution is -0.122. The molecule has 2 aromatic rings. The van der Waals surface area contributed by atoms with Crippen molar-refractivity contribution in [3.05, 3.63) is 60.2 Å². The summed E-state index contributed by atoms with van der Waals surface area (Å²) >= 11 is 0. The lowest BCUT2D eigenvalue weighted by Crippen LogP contribution is -2.32. The van der Waals surface area contributed by atoms with Crippen LogP contribution < -0.4 is 15.4 Å². The second-order valence-electron chi connectivity index (χ2n) is 5.25. The second kappa shape index (κ2) is 8.72. The average Bonchev–Trinajstić information content (AvgIpc) is 2.61.